The van der Waals surface area contributed by atoms with E-state index in [2.05, 4.69) is 17.0 Å². The van der Waals surface area contributed by atoms with Gasteiger partial charge in [-0.3, -0.25) is 14.5 Å². The number of anilines is 1. The van der Waals surface area contributed by atoms with E-state index in [0.29, 0.717) is 63.8 Å². The van der Waals surface area contributed by atoms with Crippen LogP contribution in [0.1, 0.15) is 73.5 Å². The molecule has 0 spiro atoms. The van der Waals surface area contributed by atoms with E-state index >= 15 is 0 Å². The number of nitrogens with zero attached hydrogens (tertiary/aromatic N) is 3. The van der Waals surface area contributed by atoms with Gasteiger partial charge in [-0.25, -0.2) is 0 Å². The number of carbonyl (C=O) groups excluding carboxylic acids is 1. The van der Waals surface area contributed by atoms with Gasteiger partial charge in [-0.2, -0.15) is 13.2 Å². The number of carboxylic acids is 1. The number of rotatable bonds is 10. The Morgan fingerprint density at radius 1 is 0.900 bits per heavy atom. The van der Waals surface area contributed by atoms with Crippen molar-refractivity contribution in [2.24, 2.45) is 11.8 Å². The zero-order chi connectivity index (χ0) is 35.6. The van der Waals surface area contributed by atoms with E-state index in [-0.39, 0.29) is 35.8 Å². The van der Waals surface area contributed by atoms with Gasteiger partial charge in [0, 0.05) is 70.5 Å². The number of halogens is 3. The number of likely N-dealkylation sites (tertiary alicyclic amines) is 2. The molecule has 0 aromatic heterocycles. The van der Waals surface area contributed by atoms with Crippen molar-refractivity contribution in [3.63, 3.8) is 0 Å². The van der Waals surface area contributed by atoms with E-state index in [1.807, 2.05) is 21.9 Å². The number of benzene rings is 2. The lowest BCUT2D eigenvalue weighted by Crippen LogP contribution is -2.44. The molecule has 12 heteroatoms. The summed E-state index contributed by atoms with van der Waals surface area (Å²) in [5.74, 6) is -1.08. The van der Waals surface area contributed by atoms with Crippen LogP contribution in [-0.4, -0.2) is 106 Å². The Labute approximate surface area is 292 Å². The van der Waals surface area contributed by atoms with Crippen LogP contribution in [0.4, 0.5) is 18.9 Å². The Hall–Kier alpha value is -3.35. The first-order valence-corrected chi connectivity index (χ1v) is 17.9. The number of hydrogen-bond donors (Lipinski definition) is 1. The zero-order valence-electron chi connectivity index (χ0n) is 29.2. The maximum atomic E-state index is 14.8. The second-order valence-electron chi connectivity index (χ2n) is 14.5. The highest BCUT2D eigenvalue weighted by molar-refractivity contribution is 5.82. The lowest BCUT2D eigenvalue weighted by atomic mass is 9.87. The minimum absolute atomic E-state index is 0.0204. The minimum Gasteiger partial charge on any atom is -0.497 e. The maximum absolute atomic E-state index is 14.8. The fraction of sp³-hybridized carbons (Fsp3) is 0.632. The van der Waals surface area contributed by atoms with Crippen molar-refractivity contribution in [1.29, 1.82) is 0 Å². The van der Waals surface area contributed by atoms with Crippen LogP contribution < -0.4 is 9.64 Å². The van der Waals surface area contributed by atoms with Crippen molar-refractivity contribution in [3.8, 4) is 5.75 Å². The van der Waals surface area contributed by atoms with Crippen molar-refractivity contribution in [1.82, 2.24) is 9.80 Å². The maximum Gasteiger partial charge on any atom is 0.416 e. The second-order valence-corrected chi connectivity index (χ2v) is 14.5. The molecule has 2 aromatic carbocycles. The Morgan fingerprint density at radius 3 is 2.20 bits per heavy atom. The molecular weight excluding hydrogens is 651 g/mol. The molecule has 0 bridgehead atoms. The molecule has 9 nitrogen and oxygen atoms in total. The first-order valence-electron chi connectivity index (χ1n) is 17.9. The van der Waals surface area contributed by atoms with E-state index in [1.165, 1.54) is 6.07 Å². The van der Waals surface area contributed by atoms with E-state index in [9.17, 15) is 27.9 Å². The van der Waals surface area contributed by atoms with Gasteiger partial charge in [0.25, 0.3) is 0 Å². The largest absolute Gasteiger partial charge is 0.497 e. The average Bonchev–Trinajstić information content (AvgIpc) is 3.76. The van der Waals surface area contributed by atoms with Crippen LogP contribution in [0.15, 0.2) is 42.5 Å². The van der Waals surface area contributed by atoms with Crippen molar-refractivity contribution in [2.45, 2.75) is 81.1 Å². The molecule has 4 aliphatic rings. The summed E-state index contributed by atoms with van der Waals surface area (Å²) in [7, 11) is 5.01. The third-order valence-electron chi connectivity index (χ3n) is 11.7. The zero-order valence-corrected chi connectivity index (χ0v) is 29.2. The summed E-state index contributed by atoms with van der Waals surface area (Å²) in [5.41, 5.74) is 1.60. The molecule has 0 radical (unpaired) electrons. The molecule has 3 saturated heterocycles. The molecule has 6 rings (SSSR count). The number of hydrogen-bond acceptors (Lipinski definition) is 7. The predicted molar refractivity (Wildman–Crippen MR) is 183 cm³/mol. The highest BCUT2D eigenvalue weighted by atomic mass is 19.4. The molecular formula is C38H50F3N3O6. The molecule has 3 heterocycles. The Kier molecular flexibility index (Phi) is 11.3. The molecule has 50 heavy (non-hydrogen) atoms. The number of alkyl halides is 3. The van der Waals surface area contributed by atoms with Crippen LogP contribution in [0.3, 0.4) is 0 Å². The quantitative estimate of drug-likeness (QED) is 0.322. The van der Waals surface area contributed by atoms with Crippen molar-refractivity contribution in [3.05, 3.63) is 59.2 Å². The van der Waals surface area contributed by atoms with Gasteiger partial charge in [0.05, 0.1) is 43.3 Å². The molecule has 1 N–H and O–H groups in total. The third-order valence-corrected chi connectivity index (χ3v) is 11.7. The smallest absolute Gasteiger partial charge is 0.416 e. The van der Waals surface area contributed by atoms with Crippen LogP contribution in [0.5, 0.6) is 5.75 Å². The van der Waals surface area contributed by atoms with E-state index < -0.39 is 23.6 Å². The summed E-state index contributed by atoms with van der Waals surface area (Å²) in [6, 6.07) is 12.0. The monoisotopic (exact) mass is 701 g/mol. The van der Waals surface area contributed by atoms with E-state index in [0.717, 1.165) is 55.2 Å². The number of amides is 1. The Morgan fingerprint density at radius 2 is 1.60 bits per heavy atom. The minimum atomic E-state index is -4.52. The van der Waals surface area contributed by atoms with Gasteiger partial charge in [-0.05, 0) is 80.3 Å². The fourth-order valence-electron chi connectivity index (χ4n) is 8.90. The van der Waals surface area contributed by atoms with Gasteiger partial charge in [0.1, 0.15) is 5.75 Å². The normalized spacial score (nSPS) is 28.3. The third kappa shape index (κ3) is 7.77. The number of aliphatic carboxylic acids is 1. The van der Waals surface area contributed by atoms with E-state index in [1.54, 1.807) is 27.4 Å². The first-order chi connectivity index (χ1) is 24.0. The number of carboxylic acid groups (broad SMARTS) is 1. The van der Waals surface area contributed by atoms with Crippen LogP contribution in [0, 0.1) is 11.8 Å². The summed E-state index contributed by atoms with van der Waals surface area (Å²) in [5, 5.41) is 9.52. The molecule has 274 valence electrons. The second kappa shape index (κ2) is 15.5. The molecule has 2 aromatic rings. The van der Waals surface area contributed by atoms with E-state index in [4.69, 9.17) is 14.2 Å². The van der Waals surface area contributed by atoms with Crippen LogP contribution in [-0.2, 0) is 25.2 Å². The lowest BCUT2D eigenvalue weighted by molar-refractivity contribution is -0.142. The Balaban J connectivity index is 1.27. The van der Waals surface area contributed by atoms with Crippen molar-refractivity contribution in [2.75, 3.05) is 65.6 Å². The van der Waals surface area contributed by atoms with Crippen LogP contribution in [0.25, 0.3) is 0 Å². The molecule has 1 aliphatic carbocycles. The molecule has 3 aliphatic heterocycles. The van der Waals surface area contributed by atoms with Gasteiger partial charge in [-0.1, -0.05) is 18.2 Å². The molecule has 1 amide bonds. The summed E-state index contributed by atoms with van der Waals surface area (Å²) < 4.78 is 58.5. The predicted octanol–water partition coefficient (Wildman–Crippen LogP) is 6.02. The molecule has 0 unspecified atom stereocenters. The highest BCUT2D eigenvalue weighted by Gasteiger charge is 2.47. The van der Waals surface area contributed by atoms with Gasteiger partial charge in [-0.15, -0.1) is 0 Å². The molecule has 4 fully saturated rings. The lowest BCUT2D eigenvalue weighted by Gasteiger charge is -2.35. The van der Waals surface area contributed by atoms with Gasteiger partial charge in [0.15, 0.2) is 0 Å². The molecule has 1 saturated carbocycles. The summed E-state index contributed by atoms with van der Waals surface area (Å²) >= 11 is 0. The summed E-state index contributed by atoms with van der Waals surface area (Å²) in [6.45, 7) is 2.83. The van der Waals surface area contributed by atoms with Crippen LogP contribution in [0.2, 0.25) is 0 Å². The van der Waals surface area contributed by atoms with Gasteiger partial charge in [0.2, 0.25) is 5.91 Å². The summed E-state index contributed by atoms with van der Waals surface area (Å²) in [4.78, 5) is 32.7. The Bertz CT molecular complexity index is 1470. The number of ether oxygens (including phenoxy) is 3. The number of carbonyl (C=O) groups is 2. The first kappa shape index (κ1) is 36.4. The van der Waals surface area contributed by atoms with Crippen LogP contribution >= 0.6 is 0 Å². The SMILES string of the molecule is COC[C@@H]1C[C@@H](c2ccc(C(F)(F)F)cc2N2CCC(C(=O)O)CC2)CN1C(=O)[C@@H]1CN(C2CCC(OC)CC2)C[C@H]1c1ccc(OC)cc1. The van der Waals surface area contributed by atoms with Crippen molar-refractivity contribution >= 4 is 17.6 Å². The van der Waals surface area contributed by atoms with Gasteiger partial charge < -0.3 is 29.1 Å². The highest BCUT2D eigenvalue weighted by Crippen LogP contribution is 2.44. The number of methoxy groups -OCH3 is 3. The standard InChI is InChI=1S/C38H50F3N3O6/c1-48-23-29-18-26(32-13-6-27(38(39,40)41)19-35(32)42-16-14-25(15-17-42)37(46)47)20-44(29)36(45)34-22-43(28-7-11-31(50-3)12-8-28)21-33(34)24-4-9-30(49-2)10-5-24/h4-6,9-10,13,19,25-26,28-29,31,33-34H,7-8,11-12,14-18,20-23H2,1-3H3,(H,46,47)/t26-,28?,29+,31?,33+,34-/m1/s1. The fourth-order valence-corrected chi connectivity index (χ4v) is 8.90. The average molecular weight is 702 g/mol. The number of piperidine rings is 1. The molecule has 4 atom stereocenters. The topological polar surface area (TPSA) is 91.8 Å². The van der Waals surface area contributed by atoms with Gasteiger partial charge >= 0.3 is 12.1 Å². The van der Waals surface area contributed by atoms with Crippen molar-refractivity contribution < 1.29 is 42.1 Å². The summed E-state index contributed by atoms with van der Waals surface area (Å²) in [6.07, 6.45) is 1.09.